The van der Waals surface area contributed by atoms with E-state index in [1.807, 2.05) is 11.8 Å². The lowest BCUT2D eigenvalue weighted by atomic mass is 10.1. The van der Waals surface area contributed by atoms with Gasteiger partial charge in [-0.05, 0) is 43.6 Å². The highest BCUT2D eigenvalue weighted by atomic mass is 32.2. The van der Waals surface area contributed by atoms with Gasteiger partial charge in [0.25, 0.3) is 0 Å². The lowest BCUT2D eigenvalue weighted by molar-refractivity contribution is 0.740. The molecule has 0 aliphatic heterocycles. The molecular weight excluding hydrogens is 272 g/mol. The van der Waals surface area contributed by atoms with Crippen LogP contribution in [-0.2, 0) is 0 Å². The van der Waals surface area contributed by atoms with Crippen LogP contribution in [0.15, 0.2) is 23.1 Å². The largest absolute Gasteiger partial charge is 0.389 e. The Labute approximate surface area is 125 Å². The Balaban J connectivity index is 2.35. The predicted octanol–water partition coefficient (Wildman–Crippen LogP) is 3.67. The fraction of sp³-hybridized carbons (Fsp3) is 0.533. The Hall–Kier alpha value is -0.740. The van der Waals surface area contributed by atoms with Crippen LogP contribution in [-0.4, -0.2) is 23.8 Å². The second-order valence-corrected chi connectivity index (χ2v) is 6.68. The van der Waals surface area contributed by atoms with Gasteiger partial charge >= 0.3 is 0 Å². The SMILES string of the molecule is CCSc1cccc(N(CC)CC2CC2)c1C(N)=S. The molecule has 0 amide bonds. The molecule has 4 heteroatoms. The van der Waals surface area contributed by atoms with Gasteiger partial charge in [-0.25, -0.2) is 0 Å². The van der Waals surface area contributed by atoms with E-state index in [4.69, 9.17) is 18.0 Å². The van der Waals surface area contributed by atoms with Crippen molar-refractivity contribution in [2.24, 2.45) is 11.7 Å². The van der Waals surface area contributed by atoms with Crippen molar-refractivity contribution in [3.63, 3.8) is 0 Å². The van der Waals surface area contributed by atoms with Gasteiger partial charge in [0.05, 0.1) is 0 Å². The maximum atomic E-state index is 5.98. The van der Waals surface area contributed by atoms with Crippen LogP contribution in [0.2, 0.25) is 0 Å². The first-order chi connectivity index (χ1) is 9.17. The number of nitrogens with two attached hydrogens (primary N) is 1. The highest BCUT2D eigenvalue weighted by Gasteiger charge is 2.25. The van der Waals surface area contributed by atoms with Gasteiger partial charge in [-0.3, -0.25) is 0 Å². The van der Waals surface area contributed by atoms with E-state index in [1.165, 1.54) is 23.4 Å². The highest BCUT2D eigenvalue weighted by molar-refractivity contribution is 7.99. The summed E-state index contributed by atoms with van der Waals surface area (Å²) in [5.74, 6) is 1.90. The van der Waals surface area contributed by atoms with Gasteiger partial charge in [-0.15, -0.1) is 11.8 Å². The molecule has 0 bridgehead atoms. The molecule has 0 radical (unpaired) electrons. The second-order valence-electron chi connectivity index (χ2n) is 4.93. The number of thiocarbonyl (C=S) groups is 1. The first-order valence-electron chi connectivity index (χ1n) is 6.97. The molecule has 2 rings (SSSR count). The summed E-state index contributed by atoms with van der Waals surface area (Å²) in [6, 6.07) is 6.39. The highest BCUT2D eigenvalue weighted by Crippen LogP contribution is 2.35. The molecule has 0 unspecified atom stereocenters. The minimum absolute atomic E-state index is 0.515. The number of thioether (sulfide) groups is 1. The van der Waals surface area contributed by atoms with Crippen molar-refractivity contribution in [1.82, 2.24) is 0 Å². The molecule has 0 aromatic heterocycles. The van der Waals surface area contributed by atoms with Gasteiger partial charge in [-0.1, -0.05) is 25.2 Å². The monoisotopic (exact) mass is 294 g/mol. The first-order valence-corrected chi connectivity index (χ1v) is 8.37. The van der Waals surface area contributed by atoms with Crippen LogP contribution in [0.3, 0.4) is 0 Å². The van der Waals surface area contributed by atoms with Crippen molar-refractivity contribution in [2.45, 2.75) is 31.6 Å². The molecule has 2 N–H and O–H groups in total. The number of rotatable bonds is 7. The van der Waals surface area contributed by atoms with Crippen LogP contribution >= 0.6 is 24.0 Å². The molecule has 2 nitrogen and oxygen atoms in total. The van der Waals surface area contributed by atoms with E-state index in [9.17, 15) is 0 Å². The van der Waals surface area contributed by atoms with Crippen LogP contribution < -0.4 is 10.6 Å². The standard InChI is InChI=1S/C15H22N2S2/c1-3-17(10-11-8-9-11)12-6-5-7-13(19-4-2)14(12)15(16)18/h5-7,11H,3-4,8-10H2,1-2H3,(H2,16,18). The molecular formula is C15H22N2S2. The Morgan fingerprint density at radius 3 is 2.68 bits per heavy atom. The molecule has 0 heterocycles. The van der Waals surface area contributed by atoms with Gasteiger partial charge in [-0.2, -0.15) is 0 Å². The number of hydrogen-bond acceptors (Lipinski definition) is 3. The smallest absolute Gasteiger partial charge is 0.107 e. The molecule has 1 saturated carbocycles. The topological polar surface area (TPSA) is 29.3 Å². The average molecular weight is 294 g/mol. The molecule has 1 aromatic rings. The lowest BCUT2D eigenvalue weighted by Crippen LogP contribution is -2.28. The minimum atomic E-state index is 0.515. The number of hydrogen-bond donors (Lipinski definition) is 1. The third-order valence-corrected chi connectivity index (χ3v) is 4.59. The zero-order chi connectivity index (χ0) is 13.8. The van der Waals surface area contributed by atoms with E-state index in [-0.39, 0.29) is 0 Å². The van der Waals surface area contributed by atoms with E-state index in [1.54, 1.807) is 0 Å². The van der Waals surface area contributed by atoms with Crippen molar-refractivity contribution in [2.75, 3.05) is 23.7 Å². The lowest BCUT2D eigenvalue weighted by Gasteiger charge is -2.26. The molecule has 0 saturated heterocycles. The fourth-order valence-corrected chi connectivity index (χ4v) is 3.44. The number of nitrogens with zero attached hydrogens (tertiary/aromatic N) is 1. The maximum Gasteiger partial charge on any atom is 0.107 e. The van der Waals surface area contributed by atoms with E-state index < -0.39 is 0 Å². The number of anilines is 1. The van der Waals surface area contributed by atoms with E-state index in [0.717, 1.165) is 30.3 Å². The van der Waals surface area contributed by atoms with Gasteiger partial charge in [0.1, 0.15) is 4.99 Å². The molecule has 0 spiro atoms. The van der Waals surface area contributed by atoms with Crippen LogP contribution in [0, 0.1) is 5.92 Å². The second kappa shape index (κ2) is 6.62. The normalized spacial score (nSPS) is 14.4. The molecule has 1 aliphatic rings. The van der Waals surface area contributed by atoms with Crippen LogP contribution in [0.25, 0.3) is 0 Å². The summed E-state index contributed by atoms with van der Waals surface area (Å²) in [5, 5.41) is 0. The Kier molecular flexibility index (Phi) is 5.11. The Morgan fingerprint density at radius 2 is 2.16 bits per heavy atom. The van der Waals surface area contributed by atoms with E-state index in [2.05, 4.69) is 36.9 Å². The summed E-state index contributed by atoms with van der Waals surface area (Å²) in [7, 11) is 0. The van der Waals surface area contributed by atoms with Crippen LogP contribution in [0.1, 0.15) is 32.3 Å². The molecule has 1 aliphatic carbocycles. The van der Waals surface area contributed by atoms with Gasteiger partial charge in [0.15, 0.2) is 0 Å². The summed E-state index contributed by atoms with van der Waals surface area (Å²) >= 11 is 7.10. The molecule has 104 valence electrons. The quantitative estimate of drug-likeness (QED) is 0.614. The minimum Gasteiger partial charge on any atom is -0.389 e. The van der Waals surface area contributed by atoms with Gasteiger partial charge < -0.3 is 10.6 Å². The summed E-state index contributed by atoms with van der Waals surface area (Å²) in [6.45, 7) is 6.49. The zero-order valence-corrected chi connectivity index (χ0v) is 13.3. The molecule has 19 heavy (non-hydrogen) atoms. The Bertz CT molecular complexity index is 455. The number of benzene rings is 1. The zero-order valence-electron chi connectivity index (χ0n) is 11.7. The van der Waals surface area contributed by atoms with Crippen molar-refractivity contribution in [3.8, 4) is 0 Å². The van der Waals surface area contributed by atoms with Gasteiger partial charge in [0, 0.05) is 29.2 Å². The van der Waals surface area contributed by atoms with Crippen molar-refractivity contribution in [1.29, 1.82) is 0 Å². The summed E-state index contributed by atoms with van der Waals surface area (Å²) < 4.78 is 0. The molecule has 1 fully saturated rings. The predicted molar refractivity (Wildman–Crippen MR) is 89.3 cm³/mol. The van der Waals surface area contributed by atoms with E-state index in [0.29, 0.717) is 4.99 Å². The van der Waals surface area contributed by atoms with Gasteiger partial charge in [0.2, 0.25) is 0 Å². The molecule has 0 atom stereocenters. The van der Waals surface area contributed by atoms with Crippen LogP contribution in [0.4, 0.5) is 5.69 Å². The summed E-state index contributed by atoms with van der Waals surface area (Å²) in [4.78, 5) is 4.15. The van der Waals surface area contributed by atoms with Crippen molar-refractivity contribution >= 4 is 34.7 Å². The first kappa shape index (κ1) is 14.7. The van der Waals surface area contributed by atoms with Crippen molar-refractivity contribution in [3.05, 3.63) is 23.8 Å². The third kappa shape index (κ3) is 3.63. The van der Waals surface area contributed by atoms with E-state index >= 15 is 0 Å². The third-order valence-electron chi connectivity index (χ3n) is 3.45. The molecule has 1 aromatic carbocycles. The summed E-state index contributed by atoms with van der Waals surface area (Å²) in [5.41, 5.74) is 8.25. The summed E-state index contributed by atoms with van der Waals surface area (Å²) in [6.07, 6.45) is 2.73. The Morgan fingerprint density at radius 1 is 1.42 bits per heavy atom. The fourth-order valence-electron chi connectivity index (χ4n) is 2.32. The average Bonchev–Trinajstić information content (AvgIpc) is 3.19. The van der Waals surface area contributed by atoms with Crippen LogP contribution in [0.5, 0.6) is 0 Å². The maximum absolute atomic E-state index is 5.98. The van der Waals surface area contributed by atoms with Crippen molar-refractivity contribution < 1.29 is 0 Å².